The fraction of sp³-hybridized carbons (Fsp3) is 0.500. The number of aliphatic hydroxyl groups is 1. The number of hydrogen-bond donors (Lipinski definition) is 1. The second-order valence-electron chi connectivity index (χ2n) is 8.04. The van der Waals surface area contributed by atoms with Crippen molar-refractivity contribution in [2.75, 3.05) is 6.54 Å². The molecule has 26 heavy (non-hydrogen) atoms. The van der Waals surface area contributed by atoms with Crippen molar-refractivity contribution in [1.29, 1.82) is 5.26 Å². The molecule has 2 aliphatic rings. The Kier molecular flexibility index (Phi) is 4.38. The first-order valence-electron chi connectivity index (χ1n) is 9.62. The predicted molar refractivity (Wildman–Crippen MR) is 102 cm³/mol. The lowest BCUT2D eigenvalue weighted by atomic mass is 9.91. The van der Waals surface area contributed by atoms with Crippen LogP contribution in [0.1, 0.15) is 54.8 Å². The summed E-state index contributed by atoms with van der Waals surface area (Å²) in [6.07, 6.45) is 3.39. The van der Waals surface area contributed by atoms with Crippen LogP contribution in [0, 0.1) is 31.1 Å². The van der Waals surface area contributed by atoms with E-state index in [4.69, 9.17) is 5.26 Å². The monoisotopic (exact) mass is 349 g/mol. The van der Waals surface area contributed by atoms with E-state index >= 15 is 0 Å². The number of aryl methyl sites for hydroxylation is 1. The van der Waals surface area contributed by atoms with Crippen LogP contribution in [0.4, 0.5) is 0 Å². The quantitative estimate of drug-likeness (QED) is 0.911. The molecule has 3 unspecified atom stereocenters. The van der Waals surface area contributed by atoms with Crippen LogP contribution in [0.15, 0.2) is 30.3 Å². The third-order valence-corrected chi connectivity index (χ3v) is 6.46. The Balaban J connectivity index is 1.58. The lowest BCUT2D eigenvalue weighted by molar-refractivity contribution is 0.100. The van der Waals surface area contributed by atoms with E-state index in [0.717, 1.165) is 35.1 Å². The van der Waals surface area contributed by atoms with Gasteiger partial charge in [-0.2, -0.15) is 5.26 Å². The molecule has 2 fully saturated rings. The standard InChI is InChI=1S/C22H27N3O/c1-14-10-19-8-9-21(14)24(19)13-22(26)20-11-15(2)25(16(20)3)18-6-4-17(12-23)5-7-18/h4-7,11,14,19,21-22,26H,8-10,13H2,1-3H3/t14-,19?,21?,22?/m0/s1. The number of nitrogens with zero attached hydrogens (tertiary/aromatic N) is 3. The maximum Gasteiger partial charge on any atom is 0.0991 e. The van der Waals surface area contributed by atoms with E-state index in [-0.39, 0.29) is 0 Å². The van der Waals surface area contributed by atoms with Gasteiger partial charge >= 0.3 is 0 Å². The lowest BCUT2D eigenvalue weighted by Crippen LogP contribution is -2.34. The van der Waals surface area contributed by atoms with Gasteiger partial charge in [0.2, 0.25) is 0 Å². The van der Waals surface area contributed by atoms with Gasteiger partial charge in [0.25, 0.3) is 0 Å². The molecule has 1 aromatic heterocycles. The first-order valence-corrected chi connectivity index (χ1v) is 9.62. The molecular formula is C22H27N3O. The molecule has 0 spiro atoms. The van der Waals surface area contributed by atoms with E-state index in [2.05, 4.69) is 42.4 Å². The van der Waals surface area contributed by atoms with Gasteiger partial charge < -0.3 is 9.67 Å². The third-order valence-electron chi connectivity index (χ3n) is 6.46. The van der Waals surface area contributed by atoms with E-state index in [9.17, 15) is 5.11 Å². The minimum atomic E-state index is -0.457. The number of aromatic nitrogens is 1. The number of benzene rings is 1. The van der Waals surface area contributed by atoms with Gasteiger partial charge in [0.15, 0.2) is 0 Å². The van der Waals surface area contributed by atoms with Crippen LogP contribution in [0.5, 0.6) is 0 Å². The molecule has 0 radical (unpaired) electrons. The Bertz CT molecular complexity index is 846. The molecule has 4 nitrogen and oxygen atoms in total. The summed E-state index contributed by atoms with van der Waals surface area (Å²) in [5.41, 5.74) is 4.91. The van der Waals surface area contributed by atoms with Crippen molar-refractivity contribution in [3.05, 3.63) is 52.8 Å². The van der Waals surface area contributed by atoms with E-state index in [1.807, 2.05) is 24.3 Å². The Morgan fingerprint density at radius 1 is 1.23 bits per heavy atom. The van der Waals surface area contributed by atoms with Crippen molar-refractivity contribution in [3.8, 4) is 11.8 Å². The fourth-order valence-corrected chi connectivity index (χ4v) is 5.21. The molecule has 0 saturated carbocycles. The number of rotatable bonds is 4. The van der Waals surface area contributed by atoms with Gasteiger partial charge in [0.1, 0.15) is 0 Å². The molecule has 4 rings (SSSR count). The molecule has 2 aliphatic heterocycles. The molecule has 1 N–H and O–H groups in total. The number of aliphatic hydroxyl groups excluding tert-OH is 1. The number of fused-ring (bicyclic) bond motifs is 2. The minimum Gasteiger partial charge on any atom is -0.387 e. The lowest BCUT2D eigenvalue weighted by Gasteiger charge is -2.25. The highest BCUT2D eigenvalue weighted by Crippen LogP contribution is 2.42. The summed E-state index contributed by atoms with van der Waals surface area (Å²) in [7, 11) is 0. The van der Waals surface area contributed by atoms with Crippen molar-refractivity contribution in [3.63, 3.8) is 0 Å². The molecule has 1 aromatic carbocycles. The Labute approximate surface area is 155 Å². The first-order chi connectivity index (χ1) is 12.5. The van der Waals surface area contributed by atoms with Crippen molar-refractivity contribution in [1.82, 2.24) is 9.47 Å². The second-order valence-corrected chi connectivity index (χ2v) is 8.04. The summed E-state index contributed by atoms with van der Waals surface area (Å²) in [5, 5.41) is 20.0. The van der Waals surface area contributed by atoms with Crippen LogP contribution in [-0.4, -0.2) is 33.2 Å². The Morgan fingerprint density at radius 3 is 2.54 bits per heavy atom. The fourth-order valence-electron chi connectivity index (χ4n) is 5.21. The number of nitriles is 1. The van der Waals surface area contributed by atoms with Crippen LogP contribution in [-0.2, 0) is 0 Å². The number of hydrogen-bond acceptors (Lipinski definition) is 3. The van der Waals surface area contributed by atoms with Crippen LogP contribution >= 0.6 is 0 Å². The summed E-state index contributed by atoms with van der Waals surface area (Å²) in [5.74, 6) is 0.757. The van der Waals surface area contributed by atoms with Crippen LogP contribution < -0.4 is 0 Å². The molecular weight excluding hydrogens is 322 g/mol. The van der Waals surface area contributed by atoms with Gasteiger partial charge in [-0.25, -0.2) is 0 Å². The highest BCUT2D eigenvalue weighted by atomic mass is 16.3. The van der Waals surface area contributed by atoms with Crippen molar-refractivity contribution in [2.24, 2.45) is 5.92 Å². The zero-order valence-corrected chi connectivity index (χ0v) is 15.8. The summed E-state index contributed by atoms with van der Waals surface area (Å²) in [4.78, 5) is 2.54. The van der Waals surface area contributed by atoms with Crippen LogP contribution in [0.25, 0.3) is 5.69 Å². The predicted octanol–water partition coefficient (Wildman–Crippen LogP) is 3.87. The van der Waals surface area contributed by atoms with Gasteiger partial charge in [0, 0.05) is 41.3 Å². The maximum atomic E-state index is 11.0. The average molecular weight is 349 g/mol. The average Bonchev–Trinajstić information content (AvgIpc) is 3.25. The Morgan fingerprint density at radius 2 is 1.96 bits per heavy atom. The van der Waals surface area contributed by atoms with Crippen molar-refractivity contribution in [2.45, 2.75) is 58.2 Å². The first kappa shape index (κ1) is 17.3. The van der Waals surface area contributed by atoms with Crippen LogP contribution in [0.2, 0.25) is 0 Å². The summed E-state index contributed by atoms with van der Waals surface area (Å²) >= 11 is 0. The molecule has 0 aliphatic carbocycles. The Hall–Kier alpha value is -2.09. The van der Waals surface area contributed by atoms with E-state index in [1.165, 1.54) is 19.3 Å². The van der Waals surface area contributed by atoms with E-state index in [1.54, 1.807) is 0 Å². The minimum absolute atomic E-state index is 0.457. The molecule has 4 atom stereocenters. The van der Waals surface area contributed by atoms with Gasteiger partial charge in [-0.05, 0) is 69.4 Å². The zero-order chi connectivity index (χ0) is 18.4. The van der Waals surface area contributed by atoms with Gasteiger partial charge in [0.05, 0.1) is 17.7 Å². The molecule has 2 bridgehead atoms. The molecule has 3 heterocycles. The third kappa shape index (κ3) is 2.76. The molecule has 2 aromatic rings. The van der Waals surface area contributed by atoms with Crippen molar-refractivity contribution < 1.29 is 5.11 Å². The van der Waals surface area contributed by atoms with Gasteiger partial charge in [-0.3, -0.25) is 4.90 Å². The summed E-state index contributed by atoms with van der Waals surface area (Å²) in [6.45, 7) is 7.23. The summed E-state index contributed by atoms with van der Waals surface area (Å²) in [6, 6.07) is 13.2. The smallest absolute Gasteiger partial charge is 0.0991 e. The SMILES string of the molecule is Cc1cc(C(O)CN2C3CCC2[C@@H](C)C3)c(C)n1-c1ccc(C#N)cc1. The largest absolute Gasteiger partial charge is 0.387 e. The summed E-state index contributed by atoms with van der Waals surface area (Å²) < 4.78 is 2.17. The second kappa shape index (κ2) is 6.57. The maximum absolute atomic E-state index is 11.0. The van der Waals surface area contributed by atoms with E-state index < -0.39 is 6.10 Å². The van der Waals surface area contributed by atoms with Gasteiger partial charge in [-0.1, -0.05) is 6.92 Å². The molecule has 136 valence electrons. The normalized spacial score (nSPS) is 26.2. The van der Waals surface area contributed by atoms with E-state index in [0.29, 0.717) is 17.6 Å². The zero-order valence-electron chi connectivity index (χ0n) is 15.8. The van der Waals surface area contributed by atoms with Crippen LogP contribution in [0.3, 0.4) is 0 Å². The highest BCUT2D eigenvalue weighted by Gasteiger charge is 2.44. The molecule has 2 saturated heterocycles. The highest BCUT2D eigenvalue weighted by molar-refractivity contribution is 5.45. The van der Waals surface area contributed by atoms with Crippen molar-refractivity contribution >= 4 is 0 Å². The molecule has 4 heteroatoms. The topological polar surface area (TPSA) is 52.2 Å². The van der Waals surface area contributed by atoms with Gasteiger partial charge in [-0.15, -0.1) is 0 Å². The molecule has 0 amide bonds.